The topological polar surface area (TPSA) is 33.2 Å². The maximum atomic E-state index is 13.5. The van der Waals surface area contributed by atoms with Crippen molar-refractivity contribution in [1.82, 2.24) is 9.88 Å². The van der Waals surface area contributed by atoms with Gasteiger partial charge in [0.1, 0.15) is 0 Å². The molecule has 1 amide bonds. The number of carbonyl (C=O) groups is 1. The molecule has 3 nitrogen and oxygen atoms in total. The summed E-state index contributed by atoms with van der Waals surface area (Å²) < 4.78 is 39.0. The summed E-state index contributed by atoms with van der Waals surface area (Å²) in [4.78, 5) is 19.3. The molecule has 0 unspecified atom stereocenters. The summed E-state index contributed by atoms with van der Waals surface area (Å²) in [5.74, 6) is 0.685. The van der Waals surface area contributed by atoms with Crippen LogP contribution in [0.3, 0.4) is 0 Å². The summed E-state index contributed by atoms with van der Waals surface area (Å²) in [7, 11) is 0. The Labute approximate surface area is 152 Å². The van der Waals surface area contributed by atoms with Gasteiger partial charge in [-0.1, -0.05) is 20.3 Å². The Balaban J connectivity index is 1.62. The van der Waals surface area contributed by atoms with Crippen molar-refractivity contribution in [2.24, 2.45) is 16.7 Å². The van der Waals surface area contributed by atoms with Crippen molar-refractivity contribution >= 4 is 5.91 Å². The molecule has 2 fully saturated rings. The molecule has 142 valence electrons. The van der Waals surface area contributed by atoms with Gasteiger partial charge in [0, 0.05) is 31.4 Å². The lowest BCUT2D eigenvalue weighted by Crippen LogP contribution is -2.49. The molecule has 2 aliphatic carbocycles. The highest BCUT2D eigenvalue weighted by molar-refractivity contribution is 5.85. The number of pyridine rings is 1. The molecule has 0 spiro atoms. The molecule has 3 atom stereocenters. The van der Waals surface area contributed by atoms with Crippen LogP contribution < -0.4 is 0 Å². The van der Waals surface area contributed by atoms with E-state index in [9.17, 15) is 18.0 Å². The van der Waals surface area contributed by atoms with Crippen LogP contribution in [-0.2, 0) is 23.9 Å². The molecule has 1 aliphatic heterocycles. The van der Waals surface area contributed by atoms with Crippen molar-refractivity contribution in [2.45, 2.75) is 65.1 Å². The lowest BCUT2D eigenvalue weighted by Gasteiger charge is -2.42. The average molecular weight is 366 g/mol. The van der Waals surface area contributed by atoms with Crippen LogP contribution in [0, 0.1) is 16.7 Å². The number of hydrogen-bond acceptors (Lipinski definition) is 2. The van der Waals surface area contributed by atoms with Crippen LogP contribution in [0.15, 0.2) is 12.3 Å². The zero-order chi connectivity index (χ0) is 18.7. The lowest BCUT2D eigenvalue weighted by molar-refractivity contribution is -0.147. The first kappa shape index (κ1) is 17.8. The molecule has 1 aromatic rings. The number of fused-ring (bicyclic) bond motifs is 2. The third-order valence-electron chi connectivity index (χ3n) is 7.05. The Hall–Kier alpha value is -1.59. The largest absolute Gasteiger partial charge is 0.417 e. The first-order valence-corrected chi connectivity index (χ1v) is 9.49. The van der Waals surface area contributed by atoms with E-state index in [2.05, 4.69) is 18.8 Å². The first-order valence-electron chi connectivity index (χ1n) is 9.49. The number of carbonyl (C=O) groups excluding carboxylic acids is 1. The number of rotatable bonds is 1. The van der Waals surface area contributed by atoms with Crippen LogP contribution in [0.1, 0.15) is 62.8 Å². The summed E-state index contributed by atoms with van der Waals surface area (Å²) in [5, 5.41) is 0. The standard InChI is InChI=1S/C20H25F3N2O/c1-13-9-18(2)5-3-6-19(18,10-13)17(26)25-7-4-16-14(12-25)8-15(11-24-16)20(21,22)23/h8,11,13H,3-7,9-10,12H2,1-2H3/t13-,18-,19+/m1/s1. The predicted octanol–water partition coefficient (Wildman–Crippen LogP) is 4.59. The maximum absolute atomic E-state index is 13.5. The van der Waals surface area contributed by atoms with Gasteiger partial charge in [-0.05, 0) is 48.6 Å². The molecule has 26 heavy (non-hydrogen) atoms. The van der Waals surface area contributed by atoms with Gasteiger partial charge < -0.3 is 4.90 Å². The monoisotopic (exact) mass is 366 g/mol. The summed E-state index contributed by atoms with van der Waals surface area (Å²) in [6.45, 7) is 5.25. The Bertz CT molecular complexity index is 747. The maximum Gasteiger partial charge on any atom is 0.417 e. The van der Waals surface area contributed by atoms with Crippen LogP contribution in [-0.4, -0.2) is 22.3 Å². The van der Waals surface area contributed by atoms with E-state index in [1.807, 2.05) is 0 Å². The summed E-state index contributed by atoms with van der Waals surface area (Å²) in [6, 6.07) is 1.17. The molecule has 2 saturated carbocycles. The highest BCUT2D eigenvalue weighted by Crippen LogP contribution is 2.65. The van der Waals surface area contributed by atoms with Gasteiger partial charge in [-0.3, -0.25) is 9.78 Å². The third-order valence-corrected chi connectivity index (χ3v) is 7.05. The molecule has 1 aromatic heterocycles. The second-order valence-electron chi connectivity index (χ2n) is 8.81. The predicted molar refractivity (Wildman–Crippen MR) is 91.1 cm³/mol. The van der Waals surface area contributed by atoms with E-state index in [0.717, 1.165) is 38.3 Å². The van der Waals surface area contributed by atoms with E-state index in [-0.39, 0.29) is 23.3 Å². The van der Waals surface area contributed by atoms with Gasteiger partial charge in [-0.25, -0.2) is 0 Å². The molecular formula is C20H25F3N2O. The van der Waals surface area contributed by atoms with Gasteiger partial charge in [0.2, 0.25) is 5.91 Å². The first-order chi connectivity index (χ1) is 12.1. The molecule has 0 aromatic carbocycles. The molecule has 6 heteroatoms. The lowest BCUT2D eigenvalue weighted by atomic mass is 9.68. The van der Waals surface area contributed by atoms with Gasteiger partial charge >= 0.3 is 6.18 Å². The van der Waals surface area contributed by atoms with Crippen LogP contribution in [0.25, 0.3) is 0 Å². The Morgan fingerprint density at radius 3 is 2.81 bits per heavy atom. The quantitative estimate of drug-likeness (QED) is 0.728. The summed E-state index contributed by atoms with van der Waals surface area (Å²) in [6.07, 6.45) is 2.07. The minimum atomic E-state index is -4.40. The number of amides is 1. The van der Waals surface area contributed by atoms with Gasteiger partial charge in [-0.2, -0.15) is 13.2 Å². The zero-order valence-corrected chi connectivity index (χ0v) is 15.3. The van der Waals surface area contributed by atoms with E-state index in [1.54, 1.807) is 4.90 Å². The number of aromatic nitrogens is 1. The molecule has 0 radical (unpaired) electrons. The SMILES string of the molecule is C[C@@H]1C[C@@]2(C)CCC[C@@]2(C(=O)N2CCc3ncc(C(F)(F)F)cc3C2)C1. The van der Waals surface area contributed by atoms with Crippen molar-refractivity contribution in [1.29, 1.82) is 0 Å². The van der Waals surface area contributed by atoms with Crippen LogP contribution in [0.2, 0.25) is 0 Å². The summed E-state index contributed by atoms with van der Waals surface area (Å²) >= 11 is 0. The smallest absolute Gasteiger partial charge is 0.337 e. The van der Waals surface area contributed by atoms with E-state index in [0.29, 0.717) is 30.1 Å². The van der Waals surface area contributed by atoms with E-state index >= 15 is 0 Å². The fourth-order valence-corrected chi connectivity index (χ4v) is 5.91. The van der Waals surface area contributed by atoms with Crippen molar-refractivity contribution in [3.63, 3.8) is 0 Å². The second-order valence-corrected chi connectivity index (χ2v) is 8.81. The normalized spacial score (nSPS) is 33.9. The molecular weight excluding hydrogens is 341 g/mol. The van der Waals surface area contributed by atoms with Gasteiger partial charge in [0.05, 0.1) is 11.0 Å². The van der Waals surface area contributed by atoms with Crippen molar-refractivity contribution in [3.05, 3.63) is 29.1 Å². The fraction of sp³-hybridized carbons (Fsp3) is 0.700. The van der Waals surface area contributed by atoms with Crippen molar-refractivity contribution < 1.29 is 18.0 Å². The minimum Gasteiger partial charge on any atom is -0.337 e. The third kappa shape index (κ3) is 2.55. The van der Waals surface area contributed by atoms with Gasteiger partial charge in [0.15, 0.2) is 0 Å². The van der Waals surface area contributed by atoms with Gasteiger partial charge in [-0.15, -0.1) is 0 Å². The Morgan fingerprint density at radius 1 is 1.31 bits per heavy atom. The number of nitrogens with zero attached hydrogens (tertiary/aromatic N) is 2. The summed E-state index contributed by atoms with van der Waals surface area (Å²) in [5.41, 5.74) is 0.216. The highest BCUT2D eigenvalue weighted by atomic mass is 19.4. The van der Waals surface area contributed by atoms with Crippen LogP contribution in [0.5, 0.6) is 0 Å². The molecule has 0 saturated heterocycles. The van der Waals surface area contributed by atoms with Crippen LogP contribution in [0.4, 0.5) is 13.2 Å². The molecule has 4 rings (SSSR count). The van der Waals surface area contributed by atoms with E-state index in [4.69, 9.17) is 0 Å². The van der Waals surface area contributed by atoms with E-state index < -0.39 is 11.7 Å². The Morgan fingerprint density at radius 2 is 2.08 bits per heavy atom. The van der Waals surface area contributed by atoms with Gasteiger partial charge in [0.25, 0.3) is 0 Å². The van der Waals surface area contributed by atoms with Crippen LogP contribution >= 0.6 is 0 Å². The molecule has 2 heterocycles. The Kier molecular flexibility index (Phi) is 3.90. The molecule has 0 N–H and O–H groups in total. The van der Waals surface area contributed by atoms with Crippen molar-refractivity contribution in [3.8, 4) is 0 Å². The molecule has 0 bridgehead atoms. The highest BCUT2D eigenvalue weighted by Gasteiger charge is 2.62. The second kappa shape index (κ2) is 5.70. The number of halogens is 3. The number of hydrogen-bond donors (Lipinski definition) is 0. The molecule has 3 aliphatic rings. The fourth-order valence-electron chi connectivity index (χ4n) is 5.91. The number of alkyl halides is 3. The van der Waals surface area contributed by atoms with Crippen molar-refractivity contribution in [2.75, 3.05) is 6.54 Å². The average Bonchev–Trinajstić information content (AvgIpc) is 3.01. The van der Waals surface area contributed by atoms with E-state index in [1.165, 1.54) is 6.07 Å². The zero-order valence-electron chi connectivity index (χ0n) is 15.3. The minimum absolute atomic E-state index is 0.0375.